The summed E-state index contributed by atoms with van der Waals surface area (Å²) in [6.45, 7) is 1.96. The zero-order chi connectivity index (χ0) is 14.9. The van der Waals surface area contributed by atoms with Crippen molar-refractivity contribution >= 4 is 11.8 Å². The molecular formula is C14H20N4O3. The van der Waals surface area contributed by atoms with E-state index in [0.29, 0.717) is 32.5 Å². The average molecular weight is 292 g/mol. The second-order valence-electron chi connectivity index (χ2n) is 5.89. The first-order valence-corrected chi connectivity index (χ1v) is 7.21. The van der Waals surface area contributed by atoms with Gasteiger partial charge >= 0.3 is 0 Å². The number of ether oxygens (including phenoxy) is 1. The quantitative estimate of drug-likeness (QED) is 0.837. The number of amides is 2. The number of H-pyrrole nitrogens is 1. The number of likely N-dealkylation sites (tertiary alicyclic amines) is 1. The Bertz CT molecular complexity index is 530. The zero-order valence-corrected chi connectivity index (χ0v) is 12.2. The zero-order valence-electron chi connectivity index (χ0n) is 12.2. The Hall–Kier alpha value is -1.89. The van der Waals surface area contributed by atoms with Crippen LogP contribution in [0.15, 0.2) is 12.4 Å². The fourth-order valence-corrected chi connectivity index (χ4v) is 3.02. The van der Waals surface area contributed by atoms with Crippen LogP contribution in [-0.2, 0) is 20.7 Å². The third-order valence-corrected chi connectivity index (χ3v) is 4.30. The van der Waals surface area contributed by atoms with Gasteiger partial charge in [0.15, 0.2) is 0 Å². The maximum Gasteiger partial charge on any atom is 0.248 e. The molecule has 2 fully saturated rings. The van der Waals surface area contributed by atoms with E-state index in [1.165, 1.54) is 0 Å². The molecule has 7 nitrogen and oxygen atoms in total. The predicted molar refractivity (Wildman–Crippen MR) is 74.4 cm³/mol. The van der Waals surface area contributed by atoms with Gasteiger partial charge in [-0.1, -0.05) is 0 Å². The molecule has 0 aliphatic carbocycles. The summed E-state index contributed by atoms with van der Waals surface area (Å²) < 4.78 is 5.74. The van der Waals surface area contributed by atoms with Gasteiger partial charge in [0.05, 0.1) is 19.3 Å². The van der Waals surface area contributed by atoms with Crippen LogP contribution in [0.4, 0.5) is 0 Å². The number of aromatic amines is 1. The van der Waals surface area contributed by atoms with Crippen molar-refractivity contribution in [2.24, 2.45) is 0 Å². The topological polar surface area (TPSA) is 78.5 Å². The maximum atomic E-state index is 12.3. The standard InChI is InChI=1S/C14H20N4O3/c1-17-9-14(21-8-13(17)20)4-5-18(10-14)12(19)3-2-11-6-15-16-7-11/h6-7H,2-5,8-10H2,1H3,(H,15,16). The smallest absolute Gasteiger partial charge is 0.248 e. The van der Waals surface area contributed by atoms with E-state index in [9.17, 15) is 9.59 Å². The van der Waals surface area contributed by atoms with Gasteiger partial charge in [-0.3, -0.25) is 14.7 Å². The number of likely N-dealkylation sites (N-methyl/N-ethyl adjacent to an activating group) is 1. The number of hydrogen-bond donors (Lipinski definition) is 1. The highest BCUT2D eigenvalue weighted by atomic mass is 16.5. The molecule has 2 aliphatic heterocycles. The first kappa shape index (κ1) is 14.1. The number of aryl methyl sites for hydroxylation is 1. The lowest BCUT2D eigenvalue weighted by Gasteiger charge is -2.38. The van der Waals surface area contributed by atoms with E-state index in [4.69, 9.17) is 4.74 Å². The lowest BCUT2D eigenvalue weighted by atomic mass is 10.0. The Balaban J connectivity index is 1.54. The van der Waals surface area contributed by atoms with Crippen molar-refractivity contribution in [2.75, 3.05) is 33.3 Å². The maximum absolute atomic E-state index is 12.3. The third-order valence-electron chi connectivity index (χ3n) is 4.30. The fraction of sp³-hybridized carbons (Fsp3) is 0.643. The van der Waals surface area contributed by atoms with Gasteiger partial charge in [-0.05, 0) is 18.4 Å². The number of nitrogens with zero attached hydrogens (tertiary/aromatic N) is 3. The molecule has 1 spiro atoms. The van der Waals surface area contributed by atoms with Gasteiger partial charge in [0.1, 0.15) is 12.2 Å². The number of hydrogen-bond acceptors (Lipinski definition) is 4. The molecule has 114 valence electrons. The number of rotatable bonds is 3. The number of nitrogens with one attached hydrogen (secondary N) is 1. The second kappa shape index (κ2) is 5.48. The minimum absolute atomic E-state index is 0.00496. The van der Waals surface area contributed by atoms with E-state index < -0.39 is 0 Å². The van der Waals surface area contributed by atoms with Crippen LogP contribution in [0.5, 0.6) is 0 Å². The highest BCUT2D eigenvalue weighted by Crippen LogP contribution is 2.29. The molecule has 2 saturated heterocycles. The number of carbonyl (C=O) groups is 2. The van der Waals surface area contributed by atoms with Gasteiger partial charge in [-0.25, -0.2) is 0 Å². The Morgan fingerprint density at radius 2 is 2.38 bits per heavy atom. The first-order chi connectivity index (χ1) is 10.1. The van der Waals surface area contributed by atoms with Crippen molar-refractivity contribution in [3.05, 3.63) is 18.0 Å². The Morgan fingerprint density at radius 3 is 3.10 bits per heavy atom. The van der Waals surface area contributed by atoms with Gasteiger partial charge in [0.2, 0.25) is 11.8 Å². The van der Waals surface area contributed by atoms with Gasteiger partial charge in [-0.2, -0.15) is 5.10 Å². The lowest BCUT2D eigenvalue weighted by molar-refractivity contribution is -0.159. The summed E-state index contributed by atoms with van der Waals surface area (Å²) in [6.07, 6.45) is 5.51. The number of aromatic nitrogens is 2. The van der Waals surface area contributed by atoms with Crippen molar-refractivity contribution in [1.82, 2.24) is 20.0 Å². The summed E-state index contributed by atoms with van der Waals surface area (Å²) in [5, 5.41) is 6.62. The van der Waals surface area contributed by atoms with Gasteiger partial charge in [0, 0.05) is 26.2 Å². The van der Waals surface area contributed by atoms with Gasteiger partial charge < -0.3 is 14.5 Å². The number of carbonyl (C=O) groups excluding carboxylic acids is 2. The highest BCUT2D eigenvalue weighted by molar-refractivity contribution is 5.79. The van der Waals surface area contributed by atoms with E-state index in [1.54, 1.807) is 18.1 Å². The van der Waals surface area contributed by atoms with Crippen LogP contribution in [0.2, 0.25) is 0 Å². The Kier molecular flexibility index (Phi) is 3.67. The normalized spacial score (nSPS) is 25.9. The molecule has 1 unspecified atom stereocenters. The molecule has 1 N–H and O–H groups in total. The minimum atomic E-state index is -0.367. The first-order valence-electron chi connectivity index (χ1n) is 7.21. The molecule has 21 heavy (non-hydrogen) atoms. The summed E-state index contributed by atoms with van der Waals surface area (Å²) in [5.74, 6) is 0.140. The highest BCUT2D eigenvalue weighted by Gasteiger charge is 2.45. The molecule has 0 bridgehead atoms. The molecule has 0 saturated carbocycles. The predicted octanol–water partition coefficient (Wildman–Crippen LogP) is -0.198. The largest absolute Gasteiger partial charge is 0.361 e. The van der Waals surface area contributed by atoms with Crippen LogP contribution in [-0.4, -0.2) is 70.7 Å². The van der Waals surface area contributed by atoms with E-state index in [2.05, 4.69) is 10.2 Å². The molecule has 7 heteroatoms. The Labute approximate surface area is 123 Å². The van der Waals surface area contributed by atoms with Crippen LogP contribution >= 0.6 is 0 Å². The minimum Gasteiger partial charge on any atom is -0.361 e. The van der Waals surface area contributed by atoms with E-state index in [-0.39, 0.29) is 24.0 Å². The molecule has 0 radical (unpaired) electrons. The van der Waals surface area contributed by atoms with Gasteiger partial charge in [0.25, 0.3) is 0 Å². The van der Waals surface area contributed by atoms with E-state index in [1.807, 2.05) is 11.1 Å². The van der Waals surface area contributed by atoms with E-state index in [0.717, 1.165) is 12.0 Å². The molecule has 1 aromatic heterocycles. The van der Waals surface area contributed by atoms with Crippen molar-refractivity contribution in [3.63, 3.8) is 0 Å². The third kappa shape index (κ3) is 2.92. The second-order valence-corrected chi connectivity index (χ2v) is 5.89. The summed E-state index contributed by atoms with van der Waals surface area (Å²) in [7, 11) is 1.79. The van der Waals surface area contributed by atoms with Crippen molar-refractivity contribution in [2.45, 2.75) is 24.9 Å². The molecule has 1 aromatic rings. The molecule has 2 amide bonds. The van der Waals surface area contributed by atoms with Gasteiger partial charge in [-0.15, -0.1) is 0 Å². The molecular weight excluding hydrogens is 272 g/mol. The van der Waals surface area contributed by atoms with Crippen molar-refractivity contribution in [1.29, 1.82) is 0 Å². The van der Waals surface area contributed by atoms with Crippen LogP contribution in [0, 0.1) is 0 Å². The van der Waals surface area contributed by atoms with Crippen LogP contribution < -0.4 is 0 Å². The molecule has 1 atom stereocenters. The van der Waals surface area contributed by atoms with Crippen LogP contribution in [0.25, 0.3) is 0 Å². The van der Waals surface area contributed by atoms with E-state index >= 15 is 0 Å². The SMILES string of the molecule is CN1CC2(CCN(C(=O)CCc3cn[nH]c3)C2)OCC1=O. The molecule has 3 rings (SSSR count). The van der Waals surface area contributed by atoms with Crippen molar-refractivity contribution < 1.29 is 14.3 Å². The van der Waals surface area contributed by atoms with Crippen molar-refractivity contribution in [3.8, 4) is 0 Å². The summed E-state index contributed by atoms with van der Waals surface area (Å²) in [4.78, 5) is 27.3. The summed E-state index contributed by atoms with van der Waals surface area (Å²) >= 11 is 0. The molecule has 3 heterocycles. The average Bonchev–Trinajstić information content (AvgIpc) is 3.11. The molecule has 2 aliphatic rings. The number of morpholine rings is 1. The fourth-order valence-electron chi connectivity index (χ4n) is 3.02. The molecule has 0 aromatic carbocycles. The summed E-state index contributed by atoms with van der Waals surface area (Å²) in [6, 6.07) is 0. The Morgan fingerprint density at radius 1 is 1.52 bits per heavy atom. The van der Waals surface area contributed by atoms with Crippen LogP contribution in [0.3, 0.4) is 0 Å². The lowest BCUT2D eigenvalue weighted by Crippen LogP contribution is -2.54. The monoisotopic (exact) mass is 292 g/mol. The van der Waals surface area contributed by atoms with Crippen LogP contribution in [0.1, 0.15) is 18.4 Å². The summed E-state index contributed by atoms with van der Waals surface area (Å²) in [5.41, 5.74) is 0.671.